The van der Waals surface area contributed by atoms with E-state index in [9.17, 15) is 9.59 Å². The molecule has 1 fully saturated rings. The fourth-order valence-corrected chi connectivity index (χ4v) is 1.88. The van der Waals surface area contributed by atoms with E-state index in [0.29, 0.717) is 25.3 Å². The number of amides is 1. The third-order valence-corrected chi connectivity index (χ3v) is 2.80. The average Bonchev–Trinajstić information content (AvgIpc) is 2.66. The van der Waals surface area contributed by atoms with Crippen LogP contribution in [0.2, 0.25) is 0 Å². The number of aromatic nitrogens is 1. The average molecular weight is 238 g/mol. The number of aromatic carboxylic acids is 1. The smallest absolute Gasteiger partial charge is 0.358 e. The van der Waals surface area contributed by atoms with E-state index in [1.165, 1.54) is 6.07 Å². The van der Waals surface area contributed by atoms with Gasteiger partial charge in [0.1, 0.15) is 0 Å². The number of carboxylic acids is 1. The summed E-state index contributed by atoms with van der Waals surface area (Å²) in [6.07, 6.45) is 3.51. The van der Waals surface area contributed by atoms with Gasteiger partial charge in [-0.05, 0) is 12.8 Å². The Balaban J connectivity index is 2.03. The Bertz CT molecular complexity index is 427. The van der Waals surface area contributed by atoms with E-state index < -0.39 is 5.97 Å². The van der Waals surface area contributed by atoms with Crippen molar-refractivity contribution < 1.29 is 19.2 Å². The van der Waals surface area contributed by atoms with Crippen molar-refractivity contribution in [3.8, 4) is 0 Å². The highest BCUT2D eigenvalue weighted by Gasteiger charge is 2.19. The molecule has 0 saturated carbocycles. The lowest BCUT2D eigenvalue weighted by Gasteiger charge is -2.18. The lowest BCUT2D eigenvalue weighted by atomic mass is 10.2. The summed E-state index contributed by atoms with van der Waals surface area (Å²) in [5.74, 6) is -0.615. The molecule has 0 aliphatic carbocycles. The predicted molar refractivity (Wildman–Crippen MR) is 57.3 cm³/mol. The molecule has 1 N–H and O–H groups in total. The van der Waals surface area contributed by atoms with Crippen LogP contribution in [0.1, 0.15) is 41.9 Å². The minimum absolute atomic E-state index is 0.0933. The zero-order valence-electron chi connectivity index (χ0n) is 9.39. The molecule has 0 aromatic carbocycles. The zero-order valence-corrected chi connectivity index (χ0v) is 9.39. The van der Waals surface area contributed by atoms with Crippen molar-refractivity contribution in [2.24, 2.45) is 0 Å². The maximum Gasteiger partial charge on any atom is 0.358 e. The molecule has 0 unspecified atom stereocenters. The summed E-state index contributed by atoms with van der Waals surface area (Å²) in [6, 6.07) is 1.36. The van der Waals surface area contributed by atoms with Crippen LogP contribution in [-0.2, 0) is 11.3 Å². The van der Waals surface area contributed by atoms with E-state index in [1.54, 1.807) is 4.90 Å². The van der Waals surface area contributed by atoms with Gasteiger partial charge in [0, 0.05) is 19.0 Å². The van der Waals surface area contributed by atoms with Crippen LogP contribution in [0.3, 0.4) is 0 Å². The lowest BCUT2D eigenvalue weighted by molar-refractivity contribution is -0.131. The Kier molecular flexibility index (Phi) is 3.41. The molecule has 6 heteroatoms. The summed E-state index contributed by atoms with van der Waals surface area (Å²) < 4.78 is 4.89. The maximum atomic E-state index is 11.7. The number of rotatable bonds is 3. The fourth-order valence-electron chi connectivity index (χ4n) is 1.88. The molecule has 1 aromatic rings. The molecule has 1 amide bonds. The minimum Gasteiger partial charge on any atom is -0.476 e. The quantitative estimate of drug-likeness (QED) is 0.857. The molecule has 17 heavy (non-hydrogen) atoms. The van der Waals surface area contributed by atoms with Gasteiger partial charge in [0.2, 0.25) is 5.91 Å². The second kappa shape index (κ2) is 4.99. The molecule has 92 valence electrons. The summed E-state index contributed by atoms with van der Waals surface area (Å²) in [5, 5.41) is 12.1. The van der Waals surface area contributed by atoms with Gasteiger partial charge in [-0.2, -0.15) is 0 Å². The summed E-state index contributed by atoms with van der Waals surface area (Å²) in [7, 11) is 0. The number of carbonyl (C=O) groups excluding carboxylic acids is 1. The molecule has 0 radical (unpaired) electrons. The van der Waals surface area contributed by atoms with Gasteiger partial charge in [0.15, 0.2) is 11.5 Å². The number of carboxylic acid groups (broad SMARTS) is 1. The Morgan fingerprint density at radius 2 is 2.29 bits per heavy atom. The van der Waals surface area contributed by atoms with E-state index in [2.05, 4.69) is 5.16 Å². The van der Waals surface area contributed by atoms with E-state index in [-0.39, 0.29) is 11.6 Å². The van der Waals surface area contributed by atoms with Crippen molar-refractivity contribution in [2.45, 2.75) is 32.2 Å². The summed E-state index contributed by atoms with van der Waals surface area (Å²) in [6.45, 7) is 1.00. The van der Waals surface area contributed by atoms with Gasteiger partial charge in [-0.25, -0.2) is 4.79 Å². The summed E-state index contributed by atoms with van der Waals surface area (Å²) in [5.41, 5.74) is -0.123. The number of nitrogens with zero attached hydrogens (tertiary/aromatic N) is 2. The van der Waals surface area contributed by atoms with E-state index >= 15 is 0 Å². The van der Waals surface area contributed by atoms with Gasteiger partial charge in [-0.1, -0.05) is 11.6 Å². The first kappa shape index (κ1) is 11.6. The summed E-state index contributed by atoms with van der Waals surface area (Å²) in [4.78, 5) is 24.0. The highest BCUT2D eigenvalue weighted by Crippen LogP contribution is 2.15. The lowest BCUT2D eigenvalue weighted by Crippen LogP contribution is -2.29. The highest BCUT2D eigenvalue weighted by molar-refractivity contribution is 5.85. The Hall–Kier alpha value is -1.85. The third-order valence-electron chi connectivity index (χ3n) is 2.80. The van der Waals surface area contributed by atoms with Crippen LogP contribution in [0.5, 0.6) is 0 Å². The normalized spacial score (nSPS) is 16.9. The highest BCUT2D eigenvalue weighted by atomic mass is 16.5. The Labute approximate surface area is 98.2 Å². The van der Waals surface area contributed by atoms with Gasteiger partial charge in [-0.15, -0.1) is 0 Å². The molecule has 6 nitrogen and oxygen atoms in total. The first-order valence-electron chi connectivity index (χ1n) is 5.63. The topological polar surface area (TPSA) is 83.6 Å². The van der Waals surface area contributed by atoms with Crippen LogP contribution in [0.15, 0.2) is 10.6 Å². The van der Waals surface area contributed by atoms with Gasteiger partial charge in [-0.3, -0.25) is 4.79 Å². The molecule has 1 aromatic heterocycles. The standard InChI is InChI=1S/C11H14N2O4/c14-10-4-2-1-3-5-13(10)7-8-6-9(11(15)16)12-17-8/h6H,1-5,7H2,(H,15,16). The van der Waals surface area contributed by atoms with Gasteiger partial charge >= 0.3 is 5.97 Å². The number of carbonyl (C=O) groups is 2. The van der Waals surface area contributed by atoms with Gasteiger partial charge in [0.25, 0.3) is 0 Å². The monoisotopic (exact) mass is 238 g/mol. The van der Waals surface area contributed by atoms with E-state index in [0.717, 1.165) is 19.3 Å². The number of likely N-dealkylation sites (tertiary alicyclic amines) is 1. The molecule has 0 bridgehead atoms. The SMILES string of the molecule is O=C(O)c1cc(CN2CCCCCC2=O)on1. The molecule has 0 spiro atoms. The molecular formula is C11H14N2O4. The molecule has 2 rings (SSSR count). The van der Waals surface area contributed by atoms with Crippen molar-refractivity contribution in [3.63, 3.8) is 0 Å². The molecule has 1 aliphatic heterocycles. The van der Waals surface area contributed by atoms with E-state index in [4.69, 9.17) is 9.63 Å². The number of hydrogen-bond donors (Lipinski definition) is 1. The minimum atomic E-state index is -1.12. The Morgan fingerprint density at radius 1 is 1.47 bits per heavy atom. The van der Waals surface area contributed by atoms with Crippen LogP contribution in [-0.4, -0.2) is 33.6 Å². The fraction of sp³-hybridized carbons (Fsp3) is 0.545. The first-order valence-corrected chi connectivity index (χ1v) is 5.63. The second-order valence-electron chi connectivity index (χ2n) is 4.11. The molecule has 0 atom stereocenters. The van der Waals surface area contributed by atoms with Crippen LogP contribution in [0.4, 0.5) is 0 Å². The first-order chi connectivity index (χ1) is 8.16. The second-order valence-corrected chi connectivity index (χ2v) is 4.11. The van der Waals surface area contributed by atoms with Crippen molar-refractivity contribution >= 4 is 11.9 Å². The van der Waals surface area contributed by atoms with Gasteiger partial charge < -0.3 is 14.5 Å². The van der Waals surface area contributed by atoms with Crippen molar-refractivity contribution in [3.05, 3.63) is 17.5 Å². The molecule has 1 saturated heterocycles. The largest absolute Gasteiger partial charge is 0.476 e. The van der Waals surface area contributed by atoms with Crippen LogP contribution in [0.25, 0.3) is 0 Å². The number of hydrogen-bond acceptors (Lipinski definition) is 4. The summed E-state index contributed by atoms with van der Waals surface area (Å²) >= 11 is 0. The van der Waals surface area contributed by atoms with Crippen LogP contribution >= 0.6 is 0 Å². The molecule has 1 aliphatic rings. The van der Waals surface area contributed by atoms with Crippen molar-refractivity contribution in [1.29, 1.82) is 0 Å². The van der Waals surface area contributed by atoms with Gasteiger partial charge in [0.05, 0.1) is 6.54 Å². The maximum absolute atomic E-state index is 11.7. The van der Waals surface area contributed by atoms with Crippen LogP contribution < -0.4 is 0 Å². The Morgan fingerprint density at radius 3 is 3.00 bits per heavy atom. The molecule has 2 heterocycles. The van der Waals surface area contributed by atoms with Crippen LogP contribution in [0, 0.1) is 0 Å². The van der Waals surface area contributed by atoms with Crippen molar-refractivity contribution in [2.75, 3.05) is 6.54 Å². The third kappa shape index (κ3) is 2.83. The van der Waals surface area contributed by atoms with E-state index in [1.807, 2.05) is 0 Å². The zero-order chi connectivity index (χ0) is 12.3. The molecular weight excluding hydrogens is 224 g/mol. The predicted octanol–water partition coefficient (Wildman–Crippen LogP) is 1.28. The van der Waals surface area contributed by atoms with Crippen molar-refractivity contribution in [1.82, 2.24) is 10.1 Å².